The van der Waals surface area contributed by atoms with Gasteiger partial charge in [-0.25, -0.2) is 18.1 Å². The van der Waals surface area contributed by atoms with E-state index in [0.717, 1.165) is 132 Å². The lowest BCUT2D eigenvalue weighted by Gasteiger charge is -2.58. The summed E-state index contributed by atoms with van der Waals surface area (Å²) in [6, 6.07) is 22.0. The number of carbonyl (C=O) groups is 1. The van der Waals surface area contributed by atoms with Crippen molar-refractivity contribution in [3.63, 3.8) is 0 Å². The first-order valence-electron chi connectivity index (χ1n) is 33.2. The predicted molar refractivity (Wildman–Crippen MR) is 351 cm³/mol. The highest BCUT2D eigenvalue weighted by Gasteiger charge is 2.51. The third-order valence-electron chi connectivity index (χ3n) is 21.1. The van der Waals surface area contributed by atoms with Crippen LogP contribution in [0.15, 0.2) is 90.1 Å². The van der Waals surface area contributed by atoms with Gasteiger partial charge in [0, 0.05) is 112 Å². The van der Waals surface area contributed by atoms with Crippen molar-refractivity contribution in [2.45, 2.75) is 152 Å². The molecule has 0 unspecified atom stereocenters. The summed E-state index contributed by atoms with van der Waals surface area (Å²) in [5, 5.41) is 27.0. The highest BCUT2D eigenvalue weighted by atomic mass is 32.2. The maximum Gasteiger partial charge on any atom is 0.293 e. The molecule has 0 radical (unpaired) electrons. The molecular formula is C69H87N11O11S. The number of sulfonamides is 1. The molecule has 4 N–H and O–H groups in total. The van der Waals surface area contributed by atoms with E-state index in [1.165, 1.54) is 28.8 Å². The molecule has 6 aliphatic heterocycles. The number of piperidine rings is 1. The molecule has 14 rings (SSSR count). The first-order chi connectivity index (χ1) is 44.3. The number of aromatic amines is 1. The summed E-state index contributed by atoms with van der Waals surface area (Å²) in [6.45, 7) is 20.5. The number of carbonyl (C=O) groups excluding carboxylic acids is 1. The topological polar surface area (TPSA) is 243 Å². The Morgan fingerprint density at radius 2 is 1.67 bits per heavy atom. The molecule has 6 aromatic rings. The molecule has 490 valence electrons. The van der Waals surface area contributed by atoms with Crippen molar-refractivity contribution < 1.29 is 46.9 Å². The fraction of sp³-hybridized carbons (Fsp3) is 0.551. The number of hydrogen-bond acceptors (Lipinski definition) is 19. The van der Waals surface area contributed by atoms with Crippen LogP contribution in [0.4, 0.5) is 34.3 Å². The molecule has 2 saturated carbocycles. The van der Waals surface area contributed by atoms with E-state index in [2.05, 4.69) is 97.7 Å². The van der Waals surface area contributed by atoms with Crippen LogP contribution in [0.1, 0.15) is 132 Å². The lowest BCUT2D eigenvalue weighted by molar-refractivity contribution is -0.384. The lowest BCUT2D eigenvalue weighted by atomic mass is 9.59. The van der Waals surface area contributed by atoms with Crippen molar-refractivity contribution in [3.05, 3.63) is 118 Å². The van der Waals surface area contributed by atoms with E-state index in [4.69, 9.17) is 33.7 Å². The van der Waals surface area contributed by atoms with Gasteiger partial charge in [-0.15, -0.1) is 0 Å². The Morgan fingerprint density at radius 3 is 2.46 bits per heavy atom. The Morgan fingerprint density at radius 1 is 0.880 bits per heavy atom. The number of anilines is 5. The van der Waals surface area contributed by atoms with Crippen LogP contribution in [-0.2, 0) is 31.5 Å². The molecule has 1 spiro atoms. The van der Waals surface area contributed by atoms with Gasteiger partial charge in [0.05, 0.1) is 71.3 Å². The largest absolute Gasteiger partial charge is 0.491 e. The summed E-state index contributed by atoms with van der Waals surface area (Å²) in [7, 11) is -4.66. The van der Waals surface area contributed by atoms with E-state index >= 15 is 0 Å². The molecule has 2 aliphatic carbocycles. The average Bonchev–Trinajstić information content (AvgIpc) is 0.905. The van der Waals surface area contributed by atoms with Crippen molar-refractivity contribution in [2.75, 3.05) is 105 Å². The van der Waals surface area contributed by atoms with Gasteiger partial charge in [-0.1, -0.05) is 32.0 Å². The second kappa shape index (κ2) is 24.9. The van der Waals surface area contributed by atoms with Gasteiger partial charge < -0.3 is 53.8 Å². The Kier molecular flexibility index (Phi) is 16.8. The number of H-pyrrole nitrogens is 1. The van der Waals surface area contributed by atoms with Crippen LogP contribution < -0.4 is 38.9 Å². The molecule has 6 fully saturated rings. The van der Waals surface area contributed by atoms with Gasteiger partial charge in [0.2, 0.25) is 5.88 Å². The summed E-state index contributed by atoms with van der Waals surface area (Å²) in [6.07, 6.45) is 11.9. The number of nitrogens with zero attached hydrogens (tertiary/aromatic N) is 8. The van der Waals surface area contributed by atoms with Gasteiger partial charge in [-0.2, -0.15) is 4.98 Å². The molecule has 0 bridgehead atoms. The first-order valence-corrected chi connectivity index (χ1v) is 34.7. The fourth-order valence-corrected chi connectivity index (χ4v) is 17.0. The van der Waals surface area contributed by atoms with E-state index in [0.29, 0.717) is 81.2 Å². The number of rotatable bonds is 16. The minimum Gasteiger partial charge on any atom is -0.491 e. The van der Waals surface area contributed by atoms with Gasteiger partial charge in [0.1, 0.15) is 28.9 Å². The van der Waals surface area contributed by atoms with Crippen molar-refractivity contribution in [1.82, 2.24) is 29.5 Å². The Balaban J connectivity index is 0.715. The second-order valence-corrected chi connectivity index (χ2v) is 29.9. The quantitative estimate of drug-likeness (QED) is 0.0520. The zero-order valence-corrected chi connectivity index (χ0v) is 54.3. The van der Waals surface area contributed by atoms with Crippen LogP contribution in [0.25, 0.3) is 11.0 Å². The highest BCUT2D eigenvalue weighted by molar-refractivity contribution is 7.90. The lowest BCUT2D eigenvalue weighted by Crippen LogP contribution is -2.59. The molecule has 9 heterocycles. The van der Waals surface area contributed by atoms with Gasteiger partial charge in [0.15, 0.2) is 11.6 Å². The molecule has 22 nitrogen and oxygen atoms in total. The normalized spacial score (nSPS) is 25.1. The molecule has 1 amide bonds. The number of benzene rings is 3. The van der Waals surface area contributed by atoms with Gasteiger partial charge in [-0.05, 0) is 156 Å². The third-order valence-corrected chi connectivity index (χ3v) is 22.5. The number of aliphatic hydroxyl groups is 1. The molecule has 3 aromatic heterocycles. The molecule has 3 aromatic carbocycles. The standard InChI is InChI=1S/C69H87N11O11S/c1-44(2)90-59-9-7-6-8-51(59)58-42-75(41-47-40-72-64(77-28-32-87-33-29-77)62-61(47)67(3,4)22-31-89-62)26-27-78(58)49-37-69(38-49)20-24-76(25-21-69)48-10-12-52(55(35-48)79-54-17-30-88-43-60(54)91-66-57(79)34-46-16-23-70-63(46)73-66)65(81)74-92(85,86)50-11-13-53(56(36-50)80(83)84)71-39-45-14-18-68(5,82)19-15-45/h6-13,16,23,34-36,40,44-45,49,54,58,60,71,82H,14-15,17-22,24-33,37-39,41-43H2,1-5H3,(H,70,73)(H,74,81)/t45?,54-,58+,60-,68?/m0/s1. The van der Waals surface area contributed by atoms with E-state index in [9.17, 15) is 28.4 Å². The van der Waals surface area contributed by atoms with Crippen LogP contribution in [0, 0.1) is 21.4 Å². The minimum absolute atomic E-state index is 0.0200. The van der Waals surface area contributed by atoms with Crippen LogP contribution in [0.2, 0.25) is 0 Å². The predicted octanol–water partition coefficient (Wildman–Crippen LogP) is 10.0. The molecular weight excluding hydrogens is 1190 g/mol. The number of pyridine rings is 2. The number of hydrogen-bond donors (Lipinski definition) is 4. The Labute approximate surface area is 538 Å². The van der Waals surface area contributed by atoms with E-state index in [-0.39, 0.29) is 52.8 Å². The third kappa shape index (κ3) is 12.3. The van der Waals surface area contributed by atoms with Gasteiger partial charge in [-0.3, -0.25) is 24.7 Å². The van der Waals surface area contributed by atoms with Gasteiger partial charge >= 0.3 is 0 Å². The number of piperazine rings is 1. The highest BCUT2D eigenvalue weighted by Crippen LogP contribution is 2.55. The summed E-state index contributed by atoms with van der Waals surface area (Å²) < 4.78 is 62.5. The smallest absolute Gasteiger partial charge is 0.293 e. The summed E-state index contributed by atoms with van der Waals surface area (Å²) in [4.78, 5) is 51.8. The number of amides is 1. The van der Waals surface area contributed by atoms with Crippen molar-refractivity contribution in [1.29, 1.82) is 0 Å². The number of ether oxygens (including phenoxy) is 5. The zero-order valence-electron chi connectivity index (χ0n) is 53.5. The van der Waals surface area contributed by atoms with Crippen LogP contribution >= 0.6 is 0 Å². The number of morpholine rings is 1. The summed E-state index contributed by atoms with van der Waals surface area (Å²) in [5.74, 6) is 2.46. The SMILES string of the molecule is CC(C)Oc1ccccc1[C@H]1CN(Cc2cnc(N3CCOCC3)c3c2C(C)(C)CCO3)CCN1C1CC2(CCN(c3ccc(C(=O)NS(=O)(=O)c4ccc(NCC5CCC(C)(O)CC5)c([N+](=O)[O-])c4)c(N4c5cc6cc[nH]c6nc5O[C@H]5COCC[C@@H]54)c3)CC2)C1. The number of aromatic nitrogens is 3. The van der Waals surface area contributed by atoms with Crippen LogP contribution in [-0.4, -0.2) is 164 Å². The zero-order chi connectivity index (χ0) is 63.7. The van der Waals surface area contributed by atoms with Crippen LogP contribution in [0.3, 0.4) is 0 Å². The second-order valence-electron chi connectivity index (χ2n) is 28.2. The van der Waals surface area contributed by atoms with E-state index in [1.807, 2.05) is 37.4 Å². The summed E-state index contributed by atoms with van der Waals surface area (Å²) >= 11 is 0. The number of para-hydroxylation sites is 1. The molecule has 92 heavy (non-hydrogen) atoms. The Hall–Kier alpha value is -7.28. The summed E-state index contributed by atoms with van der Waals surface area (Å²) in [5.41, 5.74) is 5.57. The average molecular weight is 1280 g/mol. The maximum atomic E-state index is 14.9. The van der Waals surface area contributed by atoms with Crippen molar-refractivity contribution in [3.8, 4) is 17.4 Å². The molecule has 4 saturated heterocycles. The molecule has 23 heteroatoms. The number of fused-ring (bicyclic) bond motifs is 4. The van der Waals surface area contributed by atoms with E-state index in [1.54, 1.807) is 6.07 Å². The van der Waals surface area contributed by atoms with Crippen LogP contribution in [0.5, 0.6) is 17.4 Å². The van der Waals surface area contributed by atoms with Crippen molar-refractivity contribution >= 4 is 61.2 Å². The Bertz CT molecular complexity index is 3850. The minimum atomic E-state index is -4.66. The molecule has 3 atom stereocenters. The fourth-order valence-electron chi connectivity index (χ4n) is 16.0. The van der Waals surface area contributed by atoms with Gasteiger partial charge in [0.25, 0.3) is 21.6 Å². The molecule has 8 aliphatic rings. The monoisotopic (exact) mass is 1280 g/mol. The first kappa shape index (κ1) is 62.2. The van der Waals surface area contributed by atoms with Crippen molar-refractivity contribution in [2.24, 2.45) is 11.3 Å². The number of nitro groups is 1. The van der Waals surface area contributed by atoms with E-state index < -0.39 is 43.1 Å². The maximum absolute atomic E-state index is 14.9. The number of nitro benzene ring substituents is 1. The number of nitrogens with one attached hydrogen (secondary N) is 3.